The Morgan fingerprint density at radius 2 is 2.04 bits per heavy atom. The van der Waals surface area contributed by atoms with E-state index in [4.69, 9.17) is 16.3 Å². The lowest BCUT2D eigenvalue weighted by Crippen LogP contribution is -2.20. The van der Waals surface area contributed by atoms with Gasteiger partial charge in [0.15, 0.2) is 0 Å². The van der Waals surface area contributed by atoms with Crippen LogP contribution in [0, 0.1) is 9.49 Å². The van der Waals surface area contributed by atoms with Crippen LogP contribution in [-0.2, 0) is 16.0 Å². The Bertz CT molecular complexity index is 716. The number of methoxy groups -OCH3 is 1. The predicted molar refractivity (Wildman–Crippen MR) is 99.6 cm³/mol. The molecule has 0 aliphatic carbocycles. The van der Waals surface area contributed by atoms with E-state index in [0.717, 1.165) is 14.8 Å². The molecule has 1 atom stereocenters. The average Bonchev–Trinajstić information content (AvgIpc) is 2.54. The quantitative estimate of drug-likeness (QED) is 0.424. The van der Waals surface area contributed by atoms with Gasteiger partial charge in [-0.25, -0.2) is 0 Å². The summed E-state index contributed by atoms with van der Waals surface area (Å²) in [6.45, 7) is 0. The monoisotopic (exact) mass is 443 g/mol. The number of aromatic hydroxyl groups is 1. The highest BCUT2D eigenvalue weighted by molar-refractivity contribution is 14.1. The van der Waals surface area contributed by atoms with Crippen molar-refractivity contribution < 1.29 is 14.6 Å². The van der Waals surface area contributed by atoms with Crippen LogP contribution in [0.1, 0.15) is 5.56 Å². The van der Waals surface area contributed by atoms with E-state index in [2.05, 4.69) is 27.6 Å². The molecule has 4 nitrogen and oxygen atoms in total. The summed E-state index contributed by atoms with van der Waals surface area (Å²) < 4.78 is 5.94. The molecule has 2 aromatic carbocycles. The average molecular weight is 444 g/mol. The minimum atomic E-state index is -0.554. The van der Waals surface area contributed by atoms with E-state index in [1.165, 1.54) is 19.2 Å². The maximum atomic E-state index is 12.0. The van der Waals surface area contributed by atoms with Gasteiger partial charge in [0, 0.05) is 14.8 Å². The Balaban J connectivity index is 2.19. The molecule has 0 bridgehead atoms. The first kappa shape index (κ1) is 17.7. The standard InChI is InChI=1S/C17H15ClINO3/c1-23-17(22)12(8-11-2-7-15(21)9-16(11)18)10-20-14-5-3-13(19)4-6-14/h2-7,9-10,12,21H,8H2,1H3. The number of nitrogens with zero attached hydrogens (tertiary/aromatic N) is 1. The largest absolute Gasteiger partial charge is 0.508 e. The number of benzene rings is 2. The third-order valence-corrected chi connectivity index (χ3v) is 4.28. The highest BCUT2D eigenvalue weighted by Crippen LogP contribution is 2.24. The van der Waals surface area contributed by atoms with Crippen LogP contribution in [0.4, 0.5) is 5.69 Å². The van der Waals surface area contributed by atoms with Gasteiger partial charge < -0.3 is 9.84 Å². The van der Waals surface area contributed by atoms with Gasteiger partial charge in [-0.1, -0.05) is 17.7 Å². The predicted octanol–water partition coefficient (Wildman–Crippen LogP) is 4.38. The van der Waals surface area contributed by atoms with Crippen LogP contribution >= 0.6 is 34.2 Å². The summed E-state index contributed by atoms with van der Waals surface area (Å²) >= 11 is 8.31. The summed E-state index contributed by atoms with van der Waals surface area (Å²) in [5.41, 5.74) is 1.50. The van der Waals surface area contributed by atoms with Crippen LogP contribution in [0.3, 0.4) is 0 Å². The molecule has 0 fully saturated rings. The summed E-state index contributed by atoms with van der Waals surface area (Å²) in [6, 6.07) is 12.3. The molecule has 0 amide bonds. The number of esters is 1. The summed E-state index contributed by atoms with van der Waals surface area (Å²) in [4.78, 5) is 16.3. The number of hydrogen-bond donors (Lipinski definition) is 1. The second kappa shape index (κ2) is 8.31. The number of halogens is 2. The molecule has 0 spiro atoms. The van der Waals surface area contributed by atoms with E-state index < -0.39 is 5.92 Å². The van der Waals surface area contributed by atoms with Gasteiger partial charge in [0.2, 0.25) is 0 Å². The number of hydrogen-bond acceptors (Lipinski definition) is 4. The number of aliphatic imine (C=N–C) groups is 1. The zero-order valence-electron chi connectivity index (χ0n) is 12.4. The molecule has 0 radical (unpaired) electrons. The second-order valence-corrected chi connectivity index (χ2v) is 6.52. The number of ether oxygens (including phenoxy) is 1. The fourth-order valence-corrected chi connectivity index (χ4v) is 2.60. The molecule has 23 heavy (non-hydrogen) atoms. The topological polar surface area (TPSA) is 58.9 Å². The van der Waals surface area contributed by atoms with Crippen molar-refractivity contribution in [2.45, 2.75) is 6.42 Å². The molecule has 0 saturated heterocycles. The molecule has 0 heterocycles. The Morgan fingerprint density at radius 1 is 1.35 bits per heavy atom. The van der Waals surface area contributed by atoms with Crippen LogP contribution in [0.15, 0.2) is 47.5 Å². The van der Waals surface area contributed by atoms with Crippen LogP contribution < -0.4 is 0 Å². The summed E-state index contributed by atoms with van der Waals surface area (Å²) in [6.07, 6.45) is 1.91. The van der Waals surface area contributed by atoms with Crippen molar-refractivity contribution in [3.05, 3.63) is 56.6 Å². The third-order valence-electron chi connectivity index (χ3n) is 3.21. The summed E-state index contributed by atoms with van der Waals surface area (Å²) in [5.74, 6) is -0.856. The number of carbonyl (C=O) groups excluding carboxylic acids is 1. The van der Waals surface area contributed by atoms with Gasteiger partial charge in [0.1, 0.15) is 5.75 Å². The Morgan fingerprint density at radius 3 is 2.65 bits per heavy atom. The van der Waals surface area contributed by atoms with E-state index in [1.54, 1.807) is 12.3 Å². The Hall–Kier alpha value is -1.60. The first-order valence-corrected chi connectivity index (χ1v) is 8.30. The Labute approximate surface area is 153 Å². The molecule has 0 aliphatic heterocycles. The summed E-state index contributed by atoms with van der Waals surface area (Å²) in [5, 5.41) is 9.80. The van der Waals surface area contributed by atoms with E-state index in [9.17, 15) is 9.90 Å². The number of rotatable bonds is 5. The molecule has 6 heteroatoms. The minimum Gasteiger partial charge on any atom is -0.508 e. The number of phenolic OH excluding ortho intramolecular Hbond substituents is 1. The van der Waals surface area contributed by atoms with E-state index >= 15 is 0 Å². The van der Waals surface area contributed by atoms with Gasteiger partial charge >= 0.3 is 5.97 Å². The first-order valence-electron chi connectivity index (χ1n) is 6.84. The summed E-state index contributed by atoms with van der Waals surface area (Å²) in [7, 11) is 1.34. The fraction of sp³-hybridized carbons (Fsp3) is 0.176. The van der Waals surface area contributed by atoms with Crippen molar-refractivity contribution in [3.8, 4) is 5.75 Å². The maximum Gasteiger partial charge on any atom is 0.314 e. The van der Waals surface area contributed by atoms with Gasteiger partial charge in [-0.05, 0) is 71.0 Å². The lowest BCUT2D eigenvalue weighted by atomic mass is 10.00. The molecule has 2 rings (SSSR count). The molecule has 0 aliphatic rings. The Kier molecular flexibility index (Phi) is 6.41. The number of carbonyl (C=O) groups is 1. The van der Waals surface area contributed by atoms with Gasteiger partial charge in [-0.15, -0.1) is 0 Å². The van der Waals surface area contributed by atoms with Crippen LogP contribution in [-0.4, -0.2) is 24.4 Å². The second-order valence-electron chi connectivity index (χ2n) is 4.86. The minimum absolute atomic E-state index is 0.0842. The zero-order chi connectivity index (χ0) is 16.8. The number of phenols is 1. The van der Waals surface area contributed by atoms with E-state index in [0.29, 0.717) is 11.4 Å². The van der Waals surface area contributed by atoms with Crippen LogP contribution in [0.5, 0.6) is 5.75 Å². The fourth-order valence-electron chi connectivity index (χ4n) is 1.99. The zero-order valence-corrected chi connectivity index (χ0v) is 15.3. The lowest BCUT2D eigenvalue weighted by molar-refractivity contribution is -0.142. The van der Waals surface area contributed by atoms with E-state index in [1.807, 2.05) is 24.3 Å². The van der Waals surface area contributed by atoms with Crippen molar-refractivity contribution in [2.75, 3.05) is 7.11 Å². The van der Waals surface area contributed by atoms with Gasteiger partial charge in [-0.2, -0.15) is 0 Å². The molecular formula is C17H15ClINO3. The molecule has 2 aromatic rings. The van der Waals surface area contributed by atoms with Crippen molar-refractivity contribution >= 4 is 52.1 Å². The molecule has 1 N–H and O–H groups in total. The van der Waals surface area contributed by atoms with Gasteiger partial charge in [-0.3, -0.25) is 9.79 Å². The van der Waals surface area contributed by atoms with E-state index in [-0.39, 0.29) is 11.7 Å². The van der Waals surface area contributed by atoms with Gasteiger partial charge in [0.25, 0.3) is 0 Å². The molecule has 0 saturated carbocycles. The van der Waals surface area contributed by atoms with Crippen molar-refractivity contribution in [3.63, 3.8) is 0 Å². The first-order chi connectivity index (χ1) is 11.0. The highest BCUT2D eigenvalue weighted by atomic mass is 127. The SMILES string of the molecule is COC(=O)C(C=Nc1ccc(I)cc1)Cc1ccc(O)cc1Cl. The van der Waals surface area contributed by atoms with Crippen LogP contribution in [0.25, 0.3) is 0 Å². The highest BCUT2D eigenvalue weighted by Gasteiger charge is 2.19. The third kappa shape index (κ3) is 5.21. The van der Waals surface area contributed by atoms with Crippen molar-refractivity contribution in [1.29, 1.82) is 0 Å². The van der Waals surface area contributed by atoms with Crippen molar-refractivity contribution in [2.24, 2.45) is 10.9 Å². The molecule has 0 aromatic heterocycles. The molecular weight excluding hydrogens is 429 g/mol. The lowest BCUT2D eigenvalue weighted by Gasteiger charge is -2.11. The normalized spacial score (nSPS) is 12.3. The molecule has 1 unspecified atom stereocenters. The van der Waals surface area contributed by atoms with Gasteiger partial charge in [0.05, 0.1) is 18.7 Å². The van der Waals surface area contributed by atoms with Crippen molar-refractivity contribution in [1.82, 2.24) is 0 Å². The smallest absolute Gasteiger partial charge is 0.314 e. The van der Waals surface area contributed by atoms with Crippen LogP contribution in [0.2, 0.25) is 5.02 Å². The maximum absolute atomic E-state index is 12.0. The molecule has 120 valence electrons.